The van der Waals surface area contributed by atoms with Crippen LogP contribution in [0.4, 0.5) is 11.4 Å². The zero-order chi connectivity index (χ0) is 19.9. The molecule has 1 N–H and O–H groups in total. The third kappa shape index (κ3) is 5.40. The summed E-state index contributed by atoms with van der Waals surface area (Å²) in [5.74, 6) is 0.793. The number of carbonyl (C=O) groups excluding carboxylic acids is 1. The molecule has 0 saturated carbocycles. The summed E-state index contributed by atoms with van der Waals surface area (Å²) in [6.07, 6.45) is 0. The van der Waals surface area contributed by atoms with Gasteiger partial charge in [0.05, 0.1) is 13.2 Å². The highest BCUT2D eigenvalue weighted by Gasteiger charge is 2.11. The average Bonchev–Trinajstić information content (AvgIpc) is 2.80. The first-order chi connectivity index (χ1) is 14.3. The van der Waals surface area contributed by atoms with E-state index in [9.17, 15) is 4.79 Å². The van der Waals surface area contributed by atoms with Crippen molar-refractivity contribution in [3.63, 3.8) is 0 Å². The Bertz CT molecular complexity index is 921. The second kappa shape index (κ2) is 9.63. The molecule has 4 rings (SSSR count). The Hall–Kier alpha value is -2.76. The predicted molar refractivity (Wildman–Crippen MR) is 120 cm³/mol. The Morgan fingerprint density at radius 2 is 1.59 bits per heavy atom. The van der Waals surface area contributed by atoms with Gasteiger partial charge in [0, 0.05) is 40.7 Å². The molecular weight excluding hydrogens is 380 g/mol. The highest BCUT2D eigenvalue weighted by Crippen LogP contribution is 2.23. The standard InChI is InChI=1S/C24H24N2O2S/c27-24(25-21-10-12-22(13-11-21)26-14-16-28-17-15-26)20-8-6-19(7-9-20)18-29-23-4-2-1-3-5-23/h1-13H,14-18H2,(H,25,27). The van der Waals surface area contributed by atoms with E-state index in [1.165, 1.54) is 10.5 Å². The molecular formula is C24H24N2O2S. The maximum absolute atomic E-state index is 12.5. The molecule has 0 unspecified atom stereocenters. The Labute approximate surface area is 175 Å². The second-order valence-electron chi connectivity index (χ2n) is 6.90. The van der Waals surface area contributed by atoms with Crippen LogP contribution in [0, 0.1) is 0 Å². The van der Waals surface area contributed by atoms with Gasteiger partial charge >= 0.3 is 0 Å². The van der Waals surface area contributed by atoms with Gasteiger partial charge in [-0.1, -0.05) is 30.3 Å². The molecule has 1 saturated heterocycles. The molecule has 3 aromatic carbocycles. The predicted octanol–water partition coefficient (Wildman–Crippen LogP) is 5.07. The highest BCUT2D eigenvalue weighted by molar-refractivity contribution is 7.98. The molecule has 1 fully saturated rings. The lowest BCUT2D eigenvalue weighted by molar-refractivity contribution is 0.102. The Morgan fingerprint density at radius 1 is 0.897 bits per heavy atom. The van der Waals surface area contributed by atoms with Gasteiger partial charge in [-0.15, -0.1) is 11.8 Å². The van der Waals surface area contributed by atoms with Crippen LogP contribution in [-0.2, 0) is 10.5 Å². The molecule has 148 valence electrons. The molecule has 1 heterocycles. The zero-order valence-electron chi connectivity index (χ0n) is 16.2. The number of thioether (sulfide) groups is 1. The molecule has 1 amide bonds. The fraction of sp³-hybridized carbons (Fsp3) is 0.208. The Morgan fingerprint density at radius 3 is 2.28 bits per heavy atom. The molecule has 0 radical (unpaired) electrons. The van der Waals surface area contributed by atoms with E-state index in [-0.39, 0.29) is 5.91 Å². The van der Waals surface area contributed by atoms with E-state index >= 15 is 0 Å². The van der Waals surface area contributed by atoms with Crippen LogP contribution in [0.2, 0.25) is 0 Å². The van der Waals surface area contributed by atoms with Gasteiger partial charge in [-0.25, -0.2) is 0 Å². The number of rotatable bonds is 6. The van der Waals surface area contributed by atoms with Crippen molar-refractivity contribution in [2.24, 2.45) is 0 Å². The largest absolute Gasteiger partial charge is 0.378 e. The number of hydrogen-bond acceptors (Lipinski definition) is 4. The summed E-state index contributed by atoms with van der Waals surface area (Å²) in [6, 6.07) is 26.1. The molecule has 0 spiro atoms. The van der Waals surface area contributed by atoms with E-state index in [0.29, 0.717) is 5.56 Å². The highest BCUT2D eigenvalue weighted by atomic mass is 32.2. The first-order valence-corrected chi connectivity index (χ1v) is 10.8. The topological polar surface area (TPSA) is 41.6 Å². The van der Waals surface area contributed by atoms with Crippen molar-refractivity contribution in [3.05, 3.63) is 90.0 Å². The van der Waals surface area contributed by atoms with Crippen LogP contribution < -0.4 is 10.2 Å². The van der Waals surface area contributed by atoms with Crippen LogP contribution >= 0.6 is 11.8 Å². The van der Waals surface area contributed by atoms with Gasteiger partial charge < -0.3 is 15.0 Å². The Kier molecular flexibility index (Phi) is 6.49. The molecule has 5 heteroatoms. The first-order valence-electron chi connectivity index (χ1n) is 9.79. The molecule has 0 aliphatic carbocycles. The number of amides is 1. The van der Waals surface area contributed by atoms with Gasteiger partial charge in [0.25, 0.3) is 5.91 Å². The van der Waals surface area contributed by atoms with Crippen LogP contribution in [0.3, 0.4) is 0 Å². The van der Waals surface area contributed by atoms with Crippen LogP contribution in [-0.4, -0.2) is 32.2 Å². The summed E-state index contributed by atoms with van der Waals surface area (Å²) >= 11 is 1.79. The SMILES string of the molecule is O=C(Nc1ccc(N2CCOCC2)cc1)c1ccc(CSc2ccccc2)cc1. The van der Waals surface area contributed by atoms with E-state index in [2.05, 4.69) is 22.3 Å². The zero-order valence-corrected chi connectivity index (χ0v) is 17.0. The summed E-state index contributed by atoms with van der Waals surface area (Å²) < 4.78 is 5.39. The average molecular weight is 405 g/mol. The minimum absolute atomic E-state index is 0.0913. The number of nitrogens with one attached hydrogen (secondary N) is 1. The maximum Gasteiger partial charge on any atom is 0.255 e. The van der Waals surface area contributed by atoms with E-state index in [1.54, 1.807) is 11.8 Å². The van der Waals surface area contributed by atoms with Gasteiger partial charge in [0.15, 0.2) is 0 Å². The minimum Gasteiger partial charge on any atom is -0.378 e. The summed E-state index contributed by atoms with van der Waals surface area (Å²) in [7, 11) is 0. The van der Waals surface area contributed by atoms with Crippen LogP contribution in [0.25, 0.3) is 0 Å². The van der Waals surface area contributed by atoms with Gasteiger partial charge in [-0.05, 0) is 54.1 Å². The molecule has 3 aromatic rings. The van der Waals surface area contributed by atoms with Crippen molar-refractivity contribution in [3.8, 4) is 0 Å². The minimum atomic E-state index is -0.0913. The third-order valence-corrected chi connectivity index (χ3v) is 5.95. The van der Waals surface area contributed by atoms with Crippen molar-refractivity contribution in [2.45, 2.75) is 10.6 Å². The van der Waals surface area contributed by atoms with Gasteiger partial charge in [-0.3, -0.25) is 4.79 Å². The lowest BCUT2D eigenvalue weighted by Gasteiger charge is -2.28. The van der Waals surface area contributed by atoms with E-state index < -0.39 is 0 Å². The molecule has 0 atom stereocenters. The summed E-state index contributed by atoms with van der Waals surface area (Å²) in [6.45, 7) is 3.33. The molecule has 29 heavy (non-hydrogen) atoms. The summed E-state index contributed by atoms with van der Waals surface area (Å²) in [5.41, 5.74) is 3.82. The molecule has 0 aromatic heterocycles. The van der Waals surface area contributed by atoms with Crippen molar-refractivity contribution in [1.82, 2.24) is 0 Å². The van der Waals surface area contributed by atoms with Crippen LogP contribution in [0.15, 0.2) is 83.8 Å². The summed E-state index contributed by atoms with van der Waals surface area (Å²) in [4.78, 5) is 16.1. The molecule has 0 bridgehead atoms. The van der Waals surface area contributed by atoms with Gasteiger partial charge in [-0.2, -0.15) is 0 Å². The van der Waals surface area contributed by atoms with E-state index in [1.807, 2.05) is 66.7 Å². The molecule has 1 aliphatic heterocycles. The van der Waals surface area contributed by atoms with E-state index in [4.69, 9.17) is 4.74 Å². The maximum atomic E-state index is 12.5. The van der Waals surface area contributed by atoms with Gasteiger partial charge in [0.1, 0.15) is 0 Å². The number of anilines is 2. The number of ether oxygens (including phenoxy) is 1. The summed E-state index contributed by atoms with van der Waals surface area (Å²) in [5, 5.41) is 2.98. The number of nitrogens with zero attached hydrogens (tertiary/aromatic N) is 1. The smallest absolute Gasteiger partial charge is 0.255 e. The van der Waals surface area contributed by atoms with Crippen LogP contribution in [0.5, 0.6) is 0 Å². The molecule has 4 nitrogen and oxygen atoms in total. The van der Waals surface area contributed by atoms with Gasteiger partial charge in [0.2, 0.25) is 0 Å². The lowest BCUT2D eigenvalue weighted by Crippen LogP contribution is -2.36. The second-order valence-corrected chi connectivity index (χ2v) is 7.95. The van der Waals surface area contributed by atoms with Crippen molar-refractivity contribution in [2.75, 3.05) is 36.5 Å². The first kappa shape index (κ1) is 19.6. The van der Waals surface area contributed by atoms with Crippen LogP contribution in [0.1, 0.15) is 15.9 Å². The van der Waals surface area contributed by atoms with Crippen molar-refractivity contribution < 1.29 is 9.53 Å². The number of morpholine rings is 1. The number of carbonyl (C=O) groups is 1. The fourth-order valence-corrected chi connectivity index (χ4v) is 4.09. The normalized spacial score (nSPS) is 13.9. The monoisotopic (exact) mass is 404 g/mol. The van der Waals surface area contributed by atoms with E-state index in [0.717, 1.165) is 43.4 Å². The fourth-order valence-electron chi connectivity index (χ4n) is 3.22. The third-order valence-electron chi connectivity index (χ3n) is 4.87. The van der Waals surface area contributed by atoms with Crippen molar-refractivity contribution >= 4 is 29.0 Å². The number of benzene rings is 3. The number of hydrogen-bond donors (Lipinski definition) is 1. The Balaban J connectivity index is 1.32. The molecule has 1 aliphatic rings. The van der Waals surface area contributed by atoms with Crippen molar-refractivity contribution in [1.29, 1.82) is 0 Å². The quantitative estimate of drug-likeness (QED) is 0.583. The lowest BCUT2D eigenvalue weighted by atomic mass is 10.1.